The van der Waals surface area contributed by atoms with Crippen LogP contribution in [0.3, 0.4) is 0 Å². The fourth-order valence-electron chi connectivity index (χ4n) is 13.2. The summed E-state index contributed by atoms with van der Waals surface area (Å²) in [6.45, 7) is 5.40. The minimum absolute atomic E-state index is 0.0539. The quantitative estimate of drug-likeness (QED) is 0.0252. The molecule has 6 aliphatic rings. The molecule has 17 N–H and O–H groups in total. The van der Waals surface area contributed by atoms with Gasteiger partial charge in [0.1, 0.15) is 134 Å². The standard InChI is InChI=1S/C67H118N2O39/c1-9-40-48(77)52(81)49(78)45(103-40)30-100-65-39(76)18-41(42(104-65)27-89-6)98-25-37(74)21-94-16-12-10-14-92-20-36(73)24-97-29-44-51(80)57(47(32(3)102-44)69-34(5)71)106-67-60(55(84)59(91-8)62(108-67)64(87)88)99-26-38(75)22-95-17-13-11-15-93-19-35(72)23-96-28-43-50(79)56(46(31(2)101-43)68-33(4)70)105-66-54(83)53(82)58(90-7)61(107-66)63(85)86/h31-32,35-62,65-67,72-84H,9-30H2,1-8H3,(H,68,70)(H,69,71)(H,85,86)(H,87,88)/t31-,32-,35?,36?,37?,38?,39?,40-,41+,42?,43?,44?,45?,46?,47?,48?,49-,50-,51-,52-,53-,54?,55+,56-,57-,58+,59+,60?,61?,62?,65+,66-,67-/m1/s1. The summed E-state index contributed by atoms with van der Waals surface area (Å²) in [5, 5.41) is 166. The maximum Gasteiger partial charge on any atom is 0.335 e. The molecule has 0 aromatic rings. The number of carboxylic acids is 2. The Labute approximate surface area is 625 Å². The Bertz CT molecular complexity index is 2560. The summed E-state index contributed by atoms with van der Waals surface area (Å²) < 4.78 is 114. The third-order valence-corrected chi connectivity index (χ3v) is 18.9. The van der Waals surface area contributed by atoms with Crippen molar-refractivity contribution < 1.29 is 191 Å². The van der Waals surface area contributed by atoms with E-state index in [0.717, 1.165) is 14.2 Å². The van der Waals surface area contributed by atoms with E-state index in [4.69, 9.17) is 94.7 Å². The molecule has 0 radical (unpaired) electrons. The maximum atomic E-state index is 12.5. The Morgan fingerprint density at radius 3 is 1.27 bits per heavy atom. The van der Waals surface area contributed by atoms with Crippen LogP contribution in [0.25, 0.3) is 0 Å². The van der Waals surface area contributed by atoms with Crippen molar-refractivity contribution in [1.82, 2.24) is 10.6 Å². The van der Waals surface area contributed by atoms with E-state index in [0.29, 0.717) is 32.1 Å². The first-order chi connectivity index (χ1) is 51.4. The average molecular weight is 1580 g/mol. The number of carbonyl (C=O) groups excluding carboxylic acids is 2. The summed E-state index contributed by atoms with van der Waals surface area (Å²) in [4.78, 5) is 49.0. The van der Waals surface area contributed by atoms with Crippen LogP contribution >= 0.6 is 0 Å². The lowest BCUT2D eigenvalue weighted by Gasteiger charge is -2.48. The van der Waals surface area contributed by atoms with Crippen molar-refractivity contribution in [2.24, 2.45) is 0 Å². The zero-order valence-corrected chi connectivity index (χ0v) is 62.1. The molecule has 0 aromatic carbocycles. The molecule has 6 heterocycles. The van der Waals surface area contributed by atoms with E-state index in [2.05, 4.69) is 10.6 Å². The monoisotopic (exact) mass is 1570 g/mol. The van der Waals surface area contributed by atoms with Crippen molar-refractivity contribution in [1.29, 1.82) is 0 Å². The van der Waals surface area contributed by atoms with Gasteiger partial charge in [0.05, 0.1) is 116 Å². The van der Waals surface area contributed by atoms with Crippen LogP contribution < -0.4 is 10.6 Å². The minimum atomic E-state index is -1.83. The average Bonchev–Trinajstić information content (AvgIpc) is 0.780. The van der Waals surface area contributed by atoms with Crippen LogP contribution in [0, 0.1) is 0 Å². The number of rotatable bonds is 48. The minimum Gasteiger partial charge on any atom is -0.479 e. The second-order valence-corrected chi connectivity index (χ2v) is 27.6. The summed E-state index contributed by atoms with van der Waals surface area (Å²) in [5.41, 5.74) is 0. The number of hydrogen-bond donors (Lipinski definition) is 17. The van der Waals surface area contributed by atoms with Crippen LogP contribution in [0.1, 0.15) is 73.1 Å². The molecular formula is C67H118N2O39. The second kappa shape index (κ2) is 47.4. The van der Waals surface area contributed by atoms with Gasteiger partial charge in [-0.1, -0.05) is 6.92 Å². The maximum absolute atomic E-state index is 12.5. The molecule has 6 aliphatic heterocycles. The van der Waals surface area contributed by atoms with E-state index in [1.165, 1.54) is 21.0 Å². The number of amides is 2. The lowest BCUT2D eigenvalue weighted by atomic mass is 9.92. The van der Waals surface area contributed by atoms with E-state index >= 15 is 0 Å². The highest BCUT2D eigenvalue weighted by Gasteiger charge is 2.56. The van der Waals surface area contributed by atoms with Gasteiger partial charge < -0.3 is 182 Å². The predicted octanol–water partition coefficient (Wildman–Crippen LogP) is -7.93. The molecule has 41 heteroatoms. The number of carboxylic acid groups (broad SMARTS) is 2. The smallest absolute Gasteiger partial charge is 0.335 e. The Morgan fingerprint density at radius 2 is 0.824 bits per heavy atom. The number of ether oxygens (including phenoxy) is 20. The molecule has 6 rings (SSSR count). The number of nitrogens with one attached hydrogen (secondary N) is 2. The zero-order valence-electron chi connectivity index (χ0n) is 62.1. The van der Waals surface area contributed by atoms with Crippen molar-refractivity contribution in [3.8, 4) is 0 Å². The van der Waals surface area contributed by atoms with Gasteiger partial charge in [0.2, 0.25) is 11.8 Å². The molecule has 0 aliphatic carbocycles. The summed E-state index contributed by atoms with van der Waals surface area (Å²) in [6, 6.07) is -2.15. The van der Waals surface area contributed by atoms with Crippen molar-refractivity contribution in [3.63, 3.8) is 0 Å². The first-order valence-electron chi connectivity index (χ1n) is 36.4. The van der Waals surface area contributed by atoms with Crippen molar-refractivity contribution in [3.05, 3.63) is 0 Å². The van der Waals surface area contributed by atoms with Crippen LogP contribution in [0.5, 0.6) is 0 Å². The number of hydrogen-bond acceptors (Lipinski definition) is 37. The molecule has 6 saturated heterocycles. The van der Waals surface area contributed by atoms with E-state index in [1.54, 1.807) is 20.8 Å². The van der Waals surface area contributed by atoms with Crippen molar-refractivity contribution >= 4 is 23.8 Å². The van der Waals surface area contributed by atoms with Crippen LogP contribution in [0.15, 0.2) is 0 Å². The fourth-order valence-corrected chi connectivity index (χ4v) is 13.2. The van der Waals surface area contributed by atoms with Crippen molar-refractivity contribution in [2.45, 2.75) is 275 Å². The van der Waals surface area contributed by atoms with Gasteiger partial charge in [-0.25, -0.2) is 9.59 Å². The molecule has 0 bridgehead atoms. The Morgan fingerprint density at radius 1 is 0.407 bits per heavy atom. The summed E-state index contributed by atoms with van der Waals surface area (Å²) in [7, 11) is 3.72. The largest absolute Gasteiger partial charge is 0.479 e. The summed E-state index contributed by atoms with van der Waals surface area (Å²) >= 11 is 0. The number of carbonyl (C=O) groups is 4. The van der Waals surface area contributed by atoms with E-state index in [-0.39, 0.29) is 106 Å². The van der Waals surface area contributed by atoms with Gasteiger partial charge in [-0.3, -0.25) is 9.59 Å². The Kier molecular flexibility index (Phi) is 41.0. The highest BCUT2D eigenvalue weighted by atomic mass is 16.7. The molecular weight excluding hydrogens is 1460 g/mol. The molecule has 16 unspecified atom stereocenters. The van der Waals surface area contributed by atoms with Gasteiger partial charge in [0, 0.05) is 68.0 Å². The van der Waals surface area contributed by atoms with E-state index < -0.39 is 232 Å². The topological polar surface area (TPSA) is 580 Å². The normalized spacial score (nSPS) is 38.0. The Hall–Kier alpha value is -3.44. The first kappa shape index (κ1) is 93.4. The van der Waals surface area contributed by atoms with Crippen LogP contribution in [-0.2, 0) is 114 Å². The van der Waals surface area contributed by atoms with Gasteiger partial charge in [0.25, 0.3) is 0 Å². The molecule has 2 amide bonds. The highest BCUT2D eigenvalue weighted by molar-refractivity contribution is 5.74. The predicted molar refractivity (Wildman–Crippen MR) is 359 cm³/mol. The number of aliphatic hydroxyl groups is 13. The number of aliphatic hydroxyl groups excluding tert-OH is 13. The molecule has 0 saturated carbocycles. The van der Waals surface area contributed by atoms with Gasteiger partial charge >= 0.3 is 11.9 Å². The van der Waals surface area contributed by atoms with Gasteiger partial charge in [-0.2, -0.15) is 0 Å². The molecule has 630 valence electrons. The van der Waals surface area contributed by atoms with Gasteiger partial charge in [0.15, 0.2) is 31.1 Å². The second-order valence-electron chi connectivity index (χ2n) is 27.6. The lowest BCUT2D eigenvalue weighted by molar-refractivity contribution is -0.335. The fraction of sp³-hybridized carbons (Fsp3) is 0.940. The SMILES string of the molecule is CC[C@H]1OC(CO[C@H]2OC(COC)[C@@H](OCC(O)COCCCCOCC(O)COCC3O[C@H](C)C(NC(C)=O)[C@@H](O[C@@H]4OC(C(=O)O)[C@@H](OC)[C@H](O)C4OCC(O)COCCCCOCC(O)COCC4O[C@H](C)C(NC(C)=O)[C@@H](O[C@@H]5OC(C(=O)O)[C@@H](OC)[C@H](O)C5O)[C@@H]4O)[C@@H]3O)CC2O)[C@@H](O)[C@H](O)C1O. The summed E-state index contributed by atoms with van der Waals surface area (Å²) in [6.07, 6.45) is -39.0. The molecule has 41 nitrogen and oxygen atoms in total. The number of aliphatic carboxylic acids is 2. The molecule has 6 fully saturated rings. The van der Waals surface area contributed by atoms with Crippen molar-refractivity contribution in [2.75, 3.05) is 127 Å². The van der Waals surface area contributed by atoms with Crippen LogP contribution in [0.2, 0.25) is 0 Å². The third-order valence-electron chi connectivity index (χ3n) is 18.9. The number of methoxy groups -OCH3 is 3. The van der Waals surface area contributed by atoms with Gasteiger partial charge in [-0.05, 0) is 46.0 Å². The van der Waals surface area contributed by atoms with Crippen LogP contribution in [0.4, 0.5) is 0 Å². The molecule has 0 aromatic heterocycles. The Balaban J connectivity index is 0.860. The lowest BCUT2D eigenvalue weighted by Crippen LogP contribution is -2.68. The van der Waals surface area contributed by atoms with E-state index in [9.17, 15) is 95.8 Å². The third kappa shape index (κ3) is 27.9. The van der Waals surface area contributed by atoms with Gasteiger partial charge in [-0.15, -0.1) is 0 Å². The molecule has 33 atom stereocenters. The number of unbranched alkanes of at least 4 members (excludes halogenated alkanes) is 2. The zero-order chi connectivity index (χ0) is 79.5. The molecule has 108 heavy (non-hydrogen) atoms. The van der Waals surface area contributed by atoms with E-state index in [1.807, 2.05) is 0 Å². The first-order valence-corrected chi connectivity index (χ1v) is 36.4. The van der Waals surface area contributed by atoms with Crippen LogP contribution in [-0.4, -0.2) is 429 Å². The summed E-state index contributed by atoms with van der Waals surface area (Å²) in [5.74, 6) is -4.15. The highest BCUT2D eigenvalue weighted by Crippen LogP contribution is 2.35. The molecule has 0 spiro atoms.